The number of hydrogen-bond acceptors (Lipinski definition) is 5. The first-order valence-electron chi connectivity index (χ1n) is 7.79. The third kappa shape index (κ3) is 4.81. The van der Waals surface area contributed by atoms with Crippen molar-refractivity contribution < 1.29 is 9.32 Å². The molecule has 0 spiro atoms. The lowest BCUT2D eigenvalue weighted by Crippen LogP contribution is -2.25. The van der Waals surface area contributed by atoms with E-state index in [-0.39, 0.29) is 5.91 Å². The Morgan fingerprint density at radius 1 is 1.16 bits per heavy atom. The summed E-state index contributed by atoms with van der Waals surface area (Å²) in [7, 11) is 0. The molecule has 25 heavy (non-hydrogen) atoms. The van der Waals surface area contributed by atoms with Crippen molar-refractivity contribution >= 4 is 29.1 Å². The number of nitrogens with zero attached hydrogens (tertiary/aromatic N) is 2. The second-order valence-corrected chi connectivity index (χ2v) is 5.95. The molecule has 3 rings (SSSR count). The second kappa shape index (κ2) is 7.81. The van der Waals surface area contributed by atoms with Crippen molar-refractivity contribution in [3.8, 4) is 0 Å². The highest BCUT2D eigenvalue weighted by Crippen LogP contribution is 2.14. The van der Waals surface area contributed by atoms with E-state index in [1.165, 1.54) is 6.20 Å². The minimum atomic E-state index is -0.162. The number of aryl methyl sites for hydroxylation is 1. The molecule has 0 aliphatic rings. The summed E-state index contributed by atoms with van der Waals surface area (Å²) < 4.78 is 4.97. The number of aromatic nitrogens is 2. The Hall–Kier alpha value is -2.86. The van der Waals surface area contributed by atoms with Gasteiger partial charge in [-0.2, -0.15) is 0 Å². The minimum absolute atomic E-state index is 0.162. The summed E-state index contributed by atoms with van der Waals surface area (Å²) in [5.74, 6) is 1.71. The van der Waals surface area contributed by atoms with E-state index in [0.717, 1.165) is 12.0 Å². The van der Waals surface area contributed by atoms with E-state index < -0.39 is 0 Å². The van der Waals surface area contributed by atoms with Crippen LogP contribution in [0.1, 0.15) is 21.7 Å². The van der Waals surface area contributed by atoms with Crippen molar-refractivity contribution in [2.75, 3.05) is 11.9 Å². The number of rotatable bonds is 6. The Morgan fingerprint density at radius 3 is 2.60 bits per heavy atom. The monoisotopic (exact) mass is 356 g/mol. The molecule has 0 bridgehead atoms. The Bertz CT molecular complexity index is 844. The molecule has 2 aromatic heterocycles. The summed E-state index contributed by atoms with van der Waals surface area (Å²) in [6.45, 7) is 2.35. The van der Waals surface area contributed by atoms with Crippen molar-refractivity contribution in [3.05, 3.63) is 70.6 Å². The standard InChI is InChI=1S/C18H17ClN4O2/c1-12-10-17(23-25-12)22-16-7-4-14(11-21-16)18(24)20-9-8-13-2-5-15(19)6-3-13/h2-7,10-11H,8-9H2,1H3,(H,20,24)(H,21,22,23). The number of halogens is 1. The van der Waals surface area contributed by atoms with Gasteiger partial charge in [-0.1, -0.05) is 28.9 Å². The van der Waals surface area contributed by atoms with Gasteiger partial charge < -0.3 is 15.2 Å². The first-order chi connectivity index (χ1) is 12.1. The van der Waals surface area contributed by atoms with Crippen LogP contribution in [0.3, 0.4) is 0 Å². The number of amides is 1. The Labute approximate surface area is 150 Å². The number of benzene rings is 1. The lowest BCUT2D eigenvalue weighted by Gasteiger charge is -2.06. The molecule has 0 saturated carbocycles. The lowest BCUT2D eigenvalue weighted by atomic mass is 10.1. The van der Waals surface area contributed by atoms with Gasteiger partial charge in [0.15, 0.2) is 5.82 Å². The number of carbonyl (C=O) groups is 1. The highest BCUT2D eigenvalue weighted by molar-refractivity contribution is 6.30. The molecule has 0 saturated heterocycles. The van der Waals surface area contributed by atoms with E-state index in [4.69, 9.17) is 16.1 Å². The van der Waals surface area contributed by atoms with E-state index in [2.05, 4.69) is 20.8 Å². The van der Waals surface area contributed by atoms with Crippen molar-refractivity contribution in [3.63, 3.8) is 0 Å². The average molecular weight is 357 g/mol. The molecule has 1 aromatic carbocycles. The van der Waals surface area contributed by atoms with Gasteiger partial charge in [0.05, 0.1) is 5.56 Å². The van der Waals surface area contributed by atoms with Crippen LogP contribution < -0.4 is 10.6 Å². The first kappa shape index (κ1) is 17.0. The molecule has 0 unspecified atom stereocenters. The van der Waals surface area contributed by atoms with E-state index in [1.807, 2.05) is 31.2 Å². The zero-order valence-corrected chi connectivity index (χ0v) is 14.4. The third-order valence-electron chi connectivity index (χ3n) is 3.52. The van der Waals surface area contributed by atoms with E-state index >= 15 is 0 Å². The highest BCUT2D eigenvalue weighted by atomic mass is 35.5. The number of hydrogen-bond donors (Lipinski definition) is 2. The Balaban J connectivity index is 1.51. The summed E-state index contributed by atoms with van der Waals surface area (Å²) in [6, 6.07) is 12.8. The van der Waals surface area contributed by atoms with Gasteiger partial charge in [0.1, 0.15) is 11.6 Å². The molecule has 128 valence electrons. The maximum atomic E-state index is 12.1. The normalized spacial score (nSPS) is 10.5. The van der Waals surface area contributed by atoms with Crippen LogP contribution in [-0.2, 0) is 6.42 Å². The summed E-state index contributed by atoms with van der Waals surface area (Å²) in [4.78, 5) is 16.4. The molecule has 0 fully saturated rings. The van der Waals surface area contributed by atoms with Crippen molar-refractivity contribution in [2.24, 2.45) is 0 Å². The van der Waals surface area contributed by atoms with Gasteiger partial charge in [0.2, 0.25) is 0 Å². The smallest absolute Gasteiger partial charge is 0.252 e. The number of carbonyl (C=O) groups excluding carboxylic acids is 1. The molecule has 0 aliphatic heterocycles. The molecule has 3 aromatic rings. The molecular weight excluding hydrogens is 340 g/mol. The van der Waals surface area contributed by atoms with Gasteiger partial charge in [-0.15, -0.1) is 0 Å². The maximum Gasteiger partial charge on any atom is 0.252 e. The molecule has 2 heterocycles. The van der Waals surface area contributed by atoms with Crippen molar-refractivity contribution in [1.82, 2.24) is 15.5 Å². The first-order valence-corrected chi connectivity index (χ1v) is 8.17. The van der Waals surface area contributed by atoms with Crippen LogP contribution >= 0.6 is 11.6 Å². The number of anilines is 2. The van der Waals surface area contributed by atoms with Crippen LogP contribution in [0, 0.1) is 6.92 Å². The number of nitrogens with one attached hydrogen (secondary N) is 2. The van der Waals surface area contributed by atoms with Gasteiger partial charge in [-0.05, 0) is 43.2 Å². The summed E-state index contributed by atoms with van der Waals surface area (Å²) >= 11 is 5.85. The summed E-state index contributed by atoms with van der Waals surface area (Å²) in [6.07, 6.45) is 2.26. The van der Waals surface area contributed by atoms with Crippen LogP contribution in [0.15, 0.2) is 53.2 Å². The molecular formula is C18H17ClN4O2. The van der Waals surface area contributed by atoms with Gasteiger partial charge in [-0.3, -0.25) is 4.79 Å². The zero-order valence-electron chi connectivity index (χ0n) is 13.6. The van der Waals surface area contributed by atoms with Gasteiger partial charge in [0, 0.05) is 23.8 Å². The minimum Gasteiger partial charge on any atom is -0.360 e. The van der Waals surface area contributed by atoms with E-state index in [1.54, 1.807) is 18.2 Å². The van der Waals surface area contributed by atoms with Crippen LogP contribution in [0.5, 0.6) is 0 Å². The fourth-order valence-corrected chi connectivity index (χ4v) is 2.36. The van der Waals surface area contributed by atoms with E-state index in [0.29, 0.717) is 34.5 Å². The second-order valence-electron chi connectivity index (χ2n) is 5.51. The largest absolute Gasteiger partial charge is 0.360 e. The molecule has 0 aliphatic carbocycles. The Morgan fingerprint density at radius 2 is 1.96 bits per heavy atom. The van der Waals surface area contributed by atoms with Crippen LogP contribution in [0.2, 0.25) is 5.02 Å². The fourth-order valence-electron chi connectivity index (χ4n) is 2.23. The third-order valence-corrected chi connectivity index (χ3v) is 3.77. The predicted molar refractivity (Wildman–Crippen MR) is 96.2 cm³/mol. The maximum absolute atomic E-state index is 12.1. The van der Waals surface area contributed by atoms with Crippen molar-refractivity contribution in [1.29, 1.82) is 0 Å². The van der Waals surface area contributed by atoms with Crippen LogP contribution in [0.25, 0.3) is 0 Å². The Kier molecular flexibility index (Phi) is 5.30. The van der Waals surface area contributed by atoms with Crippen LogP contribution in [0.4, 0.5) is 11.6 Å². The average Bonchev–Trinajstić information content (AvgIpc) is 3.02. The quantitative estimate of drug-likeness (QED) is 0.703. The van der Waals surface area contributed by atoms with Gasteiger partial charge in [-0.25, -0.2) is 4.98 Å². The summed E-state index contributed by atoms with van der Waals surface area (Å²) in [5, 5.41) is 10.4. The van der Waals surface area contributed by atoms with Gasteiger partial charge >= 0.3 is 0 Å². The topological polar surface area (TPSA) is 80.0 Å². The van der Waals surface area contributed by atoms with Gasteiger partial charge in [0.25, 0.3) is 5.91 Å². The molecule has 7 heteroatoms. The highest BCUT2D eigenvalue weighted by Gasteiger charge is 2.07. The molecule has 1 amide bonds. The van der Waals surface area contributed by atoms with Crippen LogP contribution in [-0.4, -0.2) is 22.6 Å². The lowest BCUT2D eigenvalue weighted by molar-refractivity contribution is 0.0954. The fraction of sp³-hybridized carbons (Fsp3) is 0.167. The molecule has 0 atom stereocenters. The van der Waals surface area contributed by atoms with E-state index in [9.17, 15) is 4.79 Å². The molecule has 0 radical (unpaired) electrons. The van der Waals surface area contributed by atoms with Crippen molar-refractivity contribution in [2.45, 2.75) is 13.3 Å². The number of pyridine rings is 1. The summed E-state index contributed by atoms with van der Waals surface area (Å²) in [5.41, 5.74) is 1.61. The zero-order chi connectivity index (χ0) is 17.6. The predicted octanol–water partition coefficient (Wildman–Crippen LogP) is 3.75. The molecule has 6 nitrogen and oxygen atoms in total. The SMILES string of the molecule is Cc1cc(Nc2ccc(C(=O)NCCc3ccc(Cl)cc3)cn2)no1. The molecule has 2 N–H and O–H groups in total.